The molecule has 0 unspecified atom stereocenters. The third kappa shape index (κ3) is 5.17. The number of fused-ring (bicyclic) bond motifs is 2. The molecule has 2 heterocycles. The molecule has 198 valence electrons. The van der Waals surface area contributed by atoms with Crippen molar-refractivity contribution in [2.45, 2.75) is 6.18 Å². The summed E-state index contributed by atoms with van der Waals surface area (Å²) in [5, 5.41) is 2.87. The molecular formula is C27H25F3N4O4. The minimum atomic E-state index is -4.52. The average molecular weight is 527 g/mol. The van der Waals surface area contributed by atoms with E-state index in [9.17, 15) is 18.0 Å². The monoisotopic (exact) mass is 526 g/mol. The van der Waals surface area contributed by atoms with Gasteiger partial charge in [0.05, 0.1) is 25.3 Å². The van der Waals surface area contributed by atoms with Crippen LogP contribution >= 0.6 is 0 Å². The number of carbonyl (C=O) groups is 1. The molecule has 1 N–H and O–H groups in total. The number of piperazine rings is 1. The summed E-state index contributed by atoms with van der Waals surface area (Å²) in [7, 11) is 3.08. The Labute approximate surface area is 217 Å². The minimum absolute atomic E-state index is 0.0724. The van der Waals surface area contributed by atoms with E-state index in [2.05, 4.69) is 10.3 Å². The molecule has 2 aliphatic heterocycles. The summed E-state index contributed by atoms with van der Waals surface area (Å²) in [5.74, 6) is 2.30. The summed E-state index contributed by atoms with van der Waals surface area (Å²) in [5.41, 5.74) is 0.456. The molecule has 38 heavy (non-hydrogen) atoms. The van der Waals surface area contributed by atoms with E-state index < -0.39 is 11.7 Å². The standard InChI is InChI=1S/C27H25F3N4O4/c1-36-19-5-3-4-18(15-19)31-26(35)34-12-10-33(11-13-34)25-21-16-20(37-2)7-9-23(21)38-24-8-6-17(27(28,29)30)14-22(24)32-25/h3-9,14-16H,10-13H2,1-2H3,(H,31,35). The van der Waals surface area contributed by atoms with Gasteiger partial charge in [0, 0.05) is 37.9 Å². The lowest BCUT2D eigenvalue weighted by atomic mass is 10.1. The maximum absolute atomic E-state index is 13.4. The number of aliphatic imine (C=N–C) groups is 1. The van der Waals surface area contributed by atoms with E-state index in [-0.39, 0.29) is 17.5 Å². The zero-order chi connectivity index (χ0) is 26.9. The highest BCUT2D eigenvalue weighted by atomic mass is 19.4. The van der Waals surface area contributed by atoms with Gasteiger partial charge in [0.1, 0.15) is 28.8 Å². The Hall–Kier alpha value is -4.41. The lowest BCUT2D eigenvalue weighted by Gasteiger charge is -2.36. The van der Waals surface area contributed by atoms with Gasteiger partial charge >= 0.3 is 12.2 Å². The fourth-order valence-electron chi connectivity index (χ4n) is 4.33. The number of rotatable bonds is 3. The van der Waals surface area contributed by atoms with E-state index in [1.807, 2.05) is 4.90 Å². The average Bonchev–Trinajstić information content (AvgIpc) is 3.08. The van der Waals surface area contributed by atoms with Gasteiger partial charge < -0.3 is 29.3 Å². The third-order valence-corrected chi connectivity index (χ3v) is 6.35. The summed E-state index contributed by atoms with van der Waals surface area (Å²) >= 11 is 0. The fraction of sp³-hybridized carbons (Fsp3) is 0.259. The first-order valence-electron chi connectivity index (χ1n) is 11.9. The molecule has 5 rings (SSSR count). The highest BCUT2D eigenvalue weighted by molar-refractivity contribution is 6.04. The van der Waals surface area contributed by atoms with Crippen molar-refractivity contribution in [3.8, 4) is 23.0 Å². The number of hydrogen-bond acceptors (Lipinski definition) is 6. The maximum atomic E-state index is 13.4. The van der Waals surface area contributed by atoms with Crippen LogP contribution in [0.2, 0.25) is 0 Å². The van der Waals surface area contributed by atoms with Gasteiger partial charge in [0.15, 0.2) is 5.75 Å². The van der Waals surface area contributed by atoms with Crippen molar-refractivity contribution in [2.24, 2.45) is 4.99 Å². The summed E-state index contributed by atoms with van der Waals surface area (Å²) in [4.78, 5) is 21.1. The van der Waals surface area contributed by atoms with Crippen molar-refractivity contribution in [3.05, 3.63) is 71.8 Å². The number of nitrogens with one attached hydrogen (secondary N) is 1. The topological polar surface area (TPSA) is 75.6 Å². The van der Waals surface area contributed by atoms with E-state index >= 15 is 0 Å². The second kappa shape index (κ2) is 10.2. The molecule has 0 spiro atoms. The minimum Gasteiger partial charge on any atom is -0.497 e. The number of urea groups is 1. The smallest absolute Gasteiger partial charge is 0.416 e. The Kier molecular flexibility index (Phi) is 6.75. The van der Waals surface area contributed by atoms with Crippen LogP contribution in [0, 0.1) is 0 Å². The van der Waals surface area contributed by atoms with Crippen LogP contribution in [0.15, 0.2) is 65.7 Å². The first-order chi connectivity index (χ1) is 18.2. The first kappa shape index (κ1) is 25.2. The lowest BCUT2D eigenvalue weighted by Crippen LogP contribution is -2.51. The highest BCUT2D eigenvalue weighted by Gasteiger charge is 2.33. The molecule has 1 fully saturated rings. The van der Waals surface area contributed by atoms with E-state index in [1.165, 1.54) is 13.2 Å². The van der Waals surface area contributed by atoms with Crippen LogP contribution in [0.25, 0.3) is 0 Å². The molecule has 0 aliphatic carbocycles. The Balaban J connectivity index is 1.41. The highest BCUT2D eigenvalue weighted by Crippen LogP contribution is 2.42. The Morgan fingerprint density at radius 3 is 2.34 bits per heavy atom. The molecule has 8 nitrogen and oxygen atoms in total. The van der Waals surface area contributed by atoms with Crippen molar-refractivity contribution < 1.29 is 32.2 Å². The molecule has 0 radical (unpaired) electrons. The summed E-state index contributed by atoms with van der Waals surface area (Å²) < 4.78 is 56.8. The van der Waals surface area contributed by atoms with Crippen molar-refractivity contribution in [3.63, 3.8) is 0 Å². The van der Waals surface area contributed by atoms with Crippen molar-refractivity contribution in [1.29, 1.82) is 0 Å². The van der Waals surface area contributed by atoms with E-state index in [0.717, 1.165) is 12.1 Å². The number of ether oxygens (including phenoxy) is 3. The van der Waals surface area contributed by atoms with Gasteiger partial charge in [-0.1, -0.05) is 6.07 Å². The van der Waals surface area contributed by atoms with Crippen LogP contribution in [0.5, 0.6) is 23.0 Å². The zero-order valence-electron chi connectivity index (χ0n) is 20.7. The van der Waals surface area contributed by atoms with Gasteiger partial charge in [0.25, 0.3) is 0 Å². The molecule has 11 heteroatoms. The first-order valence-corrected chi connectivity index (χ1v) is 11.9. The van der Waals surface area contributed by atoms with E-state index in [1.54, 1.807) is 54.5 Å². The second-order valence-corrected chi connectivity index (χ2v) is 8.72. The number of anilines is 1. The van der Waals surface area contributed by atoms with Crippen LogP contribution in [0.3, 0.4) is 0 Å². The second-order valence-electron chi connectivity index (χ2n) is 8.72. The largest absolute Gasteiger partial charge is 0.497 e. The van der Waals surface area contributed by atoms with E-state index in [4.69, 9.17) is 14.2 Å². The Morgan fingerprint density at radius 2 is 1.63 bits per heavy atom. The molecule has 0 saturated carbocycles. The number of benzene rings is 3. The molecular weight excluding hydrogens is 501 g/mol. The summed E-state index contributed by atoms with van der Waals surface area (Å²) in [6, 6.07) is 15.2. The van der Waals surface area contributed by atoms with Crippen LogP contribution < -0.4 is 19.5 Å². The Bertz CT molecular complexity index is 1380. The van der Waals surface area contributed by atoms with Crippen molar-refractivity contribution in [2.75, 3.05) is 45.7 Å². The summed E-state index contributed by atoms with van der Waals surface area (Å²) in [6.45, 7) is 1.58. The normalized spacial score (nSPS) is 14.9. The third-order valence-electron chi connectivity index (χ3n) is 6.35. The summed E-state index contributed by atoms with van der Waals surface area (Å²) in [6.07, 6.45) is -4.52. The van der Waals surface area contributed by atoms with Gasteiger partial charge in [-0.15, -0.1) is 0 Å². The van der Waals surface area contributed by atoms with Gasteiger partial charge in [-0.05, 0) is 48.5 Å². The number of amidine groups is 1. The van der Waals surface area contributed by atoms with Crippen molar-refractivity contribution >= 4 is 23.2 Å². The number of carbonyl (C=O) groups excluding carboxylic acids is 1. The van der Waals surface area contributed by atoms with Crippen LogP contribution in [0.4, 0.5) is 29.3 Å². The van der Waals surface area contributed by atoms with Crippen LogP contribution in [-0.4, -0.2) is 62.1 Å². The molecule has 3 aromatic carbocycles. The van der Waals surface area contributed by atoms with Crippen molar-refractivity contribution in [1.82, 2.24) is 9.80 Å². The molecule has 1 saturated heterocycles. The van der Waals surface area contributed by atoms with Crippen LogP contribution in [-0.2, 0) is 6.18 Å². The predicted octanol–water partition coefficient (Wildman–Crippen LogP) is 5.76. The molecule has 0 atom stereocenters. The van der Waals surface area contributed by atoms with E-state index in [0.29, 0.717) is 60.5 Å². The number of nitrogens with zero attached hydrogens (tertiary/aromatic N) is 3. The molecule has 2 amide bonds. The maximum Gasteiger partial charge on any atom is 0.416 e. The van der Waals surface area contributed by atoms with Crippen LogP contribution in [0.1, 0.15) is 11.1 Å². The Morgan fingerprint density at radius 1 is 0.921 bits per heavy atom. The van der Waals surface area contributed by atoms with Gasteiger partial charge in [0.2, 0.25) is 0 Å². The predicted molar refractivity (Wildman–Crippen MR) is 136 cm³/mol. The number of methoxy groups -OCH3 is 2. The number of halogens is 3. The zero-order valence-corrected chi connectivity index (χ0v) is 20.7. The lowest BCUT2D eigenvalue weighted by molar-refractivity contribution is -0.137. The van der Waals surface area contributed by atoms with Gasteiger partial charge in [-0.2, -0.15) is 13.2 Å². The van der Waals surface area contributed by atoms with Gasteiger partial charge in [-0.25, -0.2) is 9.79 Å². The molecule has 2 aliphatic rings. The molecule has 0 aromatic heterocycles. The fourth-order valence-corrected chi connectivity index (χ4v) is 4.33. The molecule has 0 bridgehead atoms. The molecule has 3 aromatic rings. The number of hydrogen-bond donors (Lipinski definition) is 1. The number of amides is 2. The number of alkyl halides is 3. The van der Waals surface area contributed by atoms with Gasteiger partial charge in [-0.3, -0.25) is 0 Å². The SMILES string of the molecule is COc1cccc(NC(=O)N2CCN(C3=Nc4cc(C(F)(F)F)ccc4Oc4ccc(OC)cc43)CC2)c1. The quantitative estimate of drug-likeness (QED) is 0.470.